The van der Waals surface area contributed by atoms with E-state index >= 15 is 17.6 Å². The Bertz CT molecular complexity index is 2980. The molecule has 6 aromatic rings. The van der Waals surface area contributed by atoms with E-state index in [1.165, 1.54) is 40.8 Å². The van der Waals surface area contributed by atoms with Gasteiger partial charge in [-0.25, -0.2) is 27.5 Å². The molecule has 14 heteroatoms. The van der Waals surface area contributed by atoms with Crippen LogP contribution in [0.15, 0.2) is 97.3 Å². The molecule has 2 aromatic heterocycles. The van der Waals surface area contributed by atoms with Gasteiger partial charge in [0.15, 0.2) is 23.1 Å². The predicted molar refractivity (Wildman–Crippen MR) is 299 cm³/mol. The first kappa shape index (κ1) is 57.7. The summed E-state index contributed by atoms with van der Waals surface area (Å²) >= 11 is 0. The molecule has 2 heterocycles. The van der Waals surface area contributed by atoms with E-state index in [0.717, 1.165) is 97.6 Å². The molecule has 80 heavy (non-hydrogen) atoms. The number of esters is 2. The summed E-state index contributed by atoms with van der Waals surface area (Å²) in [4.78, 5) is 32.0. The third-order valence-corrected chi connectivity index (χ3v) is 17.3. The van der Waals surface area contributed by atoms with Crippen LogP contribution in [0.3, 0.4) is 0 Å². The highest BCUT2D eigenvalue weighted by molar-refractivity contribution is 5.73. The van der Waals surface area contributed by atoms with Gasteiger partial charge < -0.3 is 28.4 Å². The zero-order valence-electron chi connectivity index (χ0n) is 47.3. The number of aromatic nitrogens is 2. The van der Waals surface area contributed by atoms with Crippen molar-refractivity contribution in [1.29, 1.82) is 0 Å². The molecule has 4 aromatic carbocycles. The van der Waals surface area contributed by atoms with Crippen molar-refractivity contribution in [3.05, 3.63) is 154 Å². The number of halogens is 4. The van der Waals surface area contributed by atoms with E-state index in [4.69, 9.17) is 28.4 Å². The minimum atomic E-state index is -0.428. The number of pyridine rings is 2. The van der Waals surface area contributed by atoms with Crippen LogP contribution in [0.4, 0.5) is 17.6 Å². The van der Waals surface area contributed by atoms with Crippen LogP contribution in [0, 0.1) is 45.9 Å². The Balaban J connectivity index is 0.000000194. The Labute approximate surface area is 467 Å². The standard InChI is InChI=1S/2C33H37F2NO4/c2*1-33(2)14-6-8-27(33)25-15-20(10-13-22(25)26-16-30(38-3)36-18-28(26)34)19-40-29-9-5-7-23(32(29)35)24(21-11-12-21)17-31(37)39-4/h2*5,7,9-10,13,15-16,18,21,24,27H,6,8,11-12,14,17,19H2,1-4H3/t24-,27+;24-,27-/m11/s1. The van der Waals surface area contributed by atoms with E-state index in [-0.39, 0.29) is 95.8 Å². The lowest BCUT2D eigenvalue weighted by molar-refractivity contribution is -0.142. The van der Waals surface area contributed by atoms with Crippen molar-refractivity contribution in [1.82, 2.24) is 9.97 Å². The second-order valence-corrected chi connectivity index (χ2v) is 23.5. The molecule has 0 amide bonds. The molecule has 424 valence electrons. The van der Waals surface area contributed by atoms with Crippen LogP contribution in [-0.2, 0) is 32.3 Å². The summed E-state index contributed by atoms with van der Waals surface area (Å²) in [7, 11) is 5.74. The third kappa shape index (κ3) is 13.1. The van der Waals surface area contributed by atoms with Crippen molar-refractivity contribution < 1.29 is 55.6 Å². The molecule has 0 saturated heterocycles. The average Bonchev–Trinajstić information content (AvgIpc) is 4.43. The van der Waals surface area contributed by atoms with Gasteiger partial charge in [-0.2, -0.15) is 0 Å². The summed E-state index contributed by atoms with van der Waals surface area (Å²) in [5, 5.41) is 0. The Morgan fingerprint density at radius 1 is 0.537 bits per heavy atom. The van der Waals surface area contributed by atoms with Crippen LogP contribution in [0.5, 0.6) is 23.3 Å². The molecule has 0 bridgehead atoms. The van der Waals surface area contributed by atoms with Crippen LogP contribution in [0.1, 0.15) is 162 Å². The molecular weight excluding hydrogens is 1020 g/mol. The molecule has 0 radical (unpaired) electrons. The molecule has 4 atom stereocenters. The number of benzene rings is 4. The van der Waals surface area contributed by atoms with E-state index in [1.807, 2.05) is 24.3 Å². The SMILES string of the molecule is COC(=O)C[C@@H](c1cccc(OCc2ccc(-c3cc(OC)ncc3F)c([C@@H]3CCCC3(C)C)c2)c1F)C1CC1.COC(=O)C[C@@H](c1cccc(OCc2ccc(-c3cc(OC)ncc3F)c([C@H]3CCCC3(C)C)c2)c1F)C1CC1. The topological polar surface area (TPSA) is 115 Å². The second kappa shape index (κ2) is 24.8. The molecule has 10 nitrogen and oxygen atoms in total. The molecule has 0 N–H and O–H groups in total. The predicted octanol–water partition coefficient (Wildman–Crippen LogP) is 15.9. The summed E-state index contributed by atoms with van der Waals surface area (Å²) in [5.41, 5.74) is 7.48. The fourth-order valence-corrected chi connectivity index (χ4v) is 12.5. The molecule has 4 aliphatic rings. The van der Waals surface area contributed by atoms with Gasteiger partial charge in [0.2, 0.25) is 11.8 Å². The summed E-state index contributed by atoms with van der Waals surface area (Å²) in [5.74, 6) is -0.741. The van der Waals surface area contributed by atoms with E-state index in [9.17, 15) is 9.59 Å². The highest BCUT2D eigenvalue weighted by atomic mass is 19.1. The first-order chi connectivity index (χ1) is 38.4. The van der Waals surface area contributed by atoms with Gasteiger partial charge >= 0.3 is 11.9 Å². The van der Waals surface area contributed by atoms with Crippen LogP contribution in [0.2, 0.25) is 0 Å². The molecule has 0 unspecified atom stereocenters. The molecule has 4 fully saturated rings. The first-order valence-electron chi connectivity index (χ1n) is 28.0. The molecular formula is C66H74F4N2O8. The van der Waals surface area contributed by atoms with Gasteiger partial charge in [-0.15, -0.1) is 0 Å². The van der Waals surface area contributed by atoms with E-state index < -0.39 is 23.3 Å². The van der Waals surface area contributed by atoms with E-state index in [1.54, 1.807) is 48.5 Å². The molecule has 4 aliphatic carbocycles. The summed E-state index contributed by atoms with van der Waals surface area (Å²) in [6, 6.07) is 25.3. The highest BCUT2D eigenvalue weighted by Crippen LogP contribution is 2.54. The molecule has 0 spiro atoms. The number of ether oxygens (including phenoxy) is 6. The third-order valence-electron chi connectivity index (χ3n) is 17.3. The fourth-order valence-electron chi connectivity index (χ4n) is 12.5. The van der Waals surface area contributed by atoms with Crippen LogP contribution < -0.4 is 18.9 Å². The van der Waals surface area contributed by atoms with Crippen molar-refractivity contribution in [2.24, 2.45) is 22.7 Å². The number of nitrogens with zero attached hydrogens (tertiary/aromatic N) is 2. The summed E-state index contributed by atoms with van der Waals surface area (Å²) < 4.78 is 93.7. The molecule has 10 rings (SSSR count). The quantitative estimate of drug-likeness (QED) is 0.0540. The Morgan fingerprint density at radius 3 is 1.27 bits per heavy atom. The number of carbonyl (C=O) groups excluding carboxylic acids is 2. The van der Waals surface area contributed by atoms with Gasteiger partial charge in [0, 0.05) is 35.1 Å². The van der Waals surface area contributed by atoms with Gasteiger partial charge in [-0.1, -0.05) is 101 Å². The van der Waals surface area contributed by atoms with Gasteiger partial charge in [0.05, 0.1) is 53.7 Å². The van der Waals surface area contributed by atoms with Gasteiger partial charge in [-0.3, -0.25) is 9.59 Å². The van der Waals surface area contributed by atoms with Crippen molar-refractivity contribution in [2.75, 3.05) is 28.4 Å². The zero-order chi connectivity index (χ0) is 56.9. The fraction of sp³-hybridized carbons (Fsp3) is 0.455. The van der Waals surface area contributed by atoms with Crippen molar-refractivity contribution in [2.45, 2.75) is 142 Å². The minimum absolute atomic E-state index is 0.0553. The lowest BCUT2D eigenvalue weighted by atomic mass is 9.75. The van der Waals surface area contributed by atoms with Crippen LogP contribution in [0.25, 0.3) is 22.3 Å². The van der Waals surface area contributed by atoms with Crippen molar-refractivity contribution >= 4 is 11.9 Å². The Morgan fingerprint density at radius 2 is 0.938 bits per heavy atom. The smallest absolute Gasteiger partial charge is 0.306 e. The first-order valence-corrected chi connectivity index (χ1v) is 28.0. The normalized spacial score (nSPS) is 18.8. The number of rotatable bonds is 20. The van der Waals surface area contributed by atoms with E-state index in [0.29, 0.717) is 34.0 Å². The highest BCUT2D eigenvalue weighted by Gasteiger charge is 2.40. The largest absolute Gasteiger partial charge is 0.486 e. The van der Waals surface area contributed by atoms with Crippen molar-refractivity contribution in [3.63, 3.8) is 0 Å². The Kier molecular flexibility index (Phi) is 17.9. The molecule has 0 aliphatic heterocycles. The summed E-state index contributed by atoms with van der Waals surface area (Å²) in [6.45, 7) is 9.35. The zero-order valence-corrected chi connectivity index (χ0v) is 47.3. The van der Waals surface area contributed by atoms with E-state index in [2.05, 4.69) is 49.8 Å². The van der Waals surface area contributed by atoms with Gasteiger partial charge in [0.25, 0.3) is 0 Å². The van der Waals surface area contributed by atoms with Crippen molar-refractivity contribution in [3.8, 4) is 45.5 Å². The molecule has 4 saturated carbocycles. The lowest BCUT2D eigenvalue weighted by Crippen LogP contribution is -2.17. The van der Waals surface area contributed by atoms with Gasteiger partial charge in [0.1, 0.15) is 24.8 Å². The summed E-state index contributed by atoms with van der Waals surface area (Å²) in [6.07, 6.45) is 13.0. The maximum absolute atomic E-state index is 15.7. The number of carbonyl (C=O) groups is 2. The number of hydrogen-bond donors (Lipinski definition) is 0. The Hall–Kier alpha value is -6.96. The maximum Gasteiger partial charge on any atom is 0.306 e. The monoisotopic (exact) mass is 1100 g/mol. The van der Waals surface area contributed by atoms with Crippen LogP contribution in [-0.4, -0.2) is 50.3 Å². The average molecular weight is 1100 g/mol. The number of hydrogen-bond acceptors (Lipinski definition) is 10. The lowest BCUT2D eigenvalue weighted by Gasteiger charge is -2.30. The van der Waals surface area contributed by atoms with Crippen LogP contribution >= 0.6 is 0 Å². The minimum Gasteiger partial charge on any atom is -0.486 e. The number of methoxy groups -OCH3 is 4. The maximum atomic E-state index is 15.7. The van der Waals surface area contributed by atoms with Gasteiger partial charge in [-0.05, 0) is 143 Å². The second-order valence-electron chi connectivity index (χ2n) is 23.5.